The number of aromatic nitrogens is 3. The lowest BCUT2D eigenvalue weighted by molar-refractivity contribution is 0.238. The topological polar surface area (TPSA) is 42.7 Å². The molecule has 1 aliphatic heterocycles. The summed E-state index contributed by atoms with van der Waals surface area (Å²) in [5.41, 5.74) is 3.02. The van der Waals surface area contributed by atoms with Crippen molar-refractivity contribution in [3.05, 3.63) is 48.9 Å². The number of fused-ring (bicyclic) bond motifs is 1. The molecule has 0 saturated carbocycles. The zero-order valence-electron chi connectivity index (χ0n) is 13.1. The minimum atomic E-state index is 0.750. The molecule has 0 amide bonds. The third-order valence-corrected chi connectivity index (χ3v) is 4.31. The molecule has 0 radical (unpaired) electrons. The van der Waals surface area contributed by atoms with E-state index in [9.17, 15) is 0 Å². The molecule has 3 heterocycles. The van der Waals surface area contributed by atoms with Gasteiger partial charge in [-0.15, -0.1) is 0 Å². The summed E-state index contributed by atoms with van der Waals surface area (Å²) < 4.78 is 7.63. The van der Waals surface area contributed by atoms with Crippen LogP contribution in [0.15, 0.2) is 48.9 Å². The zero-order chi connectivity index (χ0) is 15.5. The molecule has 1 aromatic carbocycles. The quantitative estimate of drug-likeness (QED) is 0.727. The maximum atomic E-state index is 5.84. The van der Waals surface area contributed by atoms with E-state index in [-0.39, 0.29) is 0 Å². The van der Waals surface area contributed by atoms with E-state index in [0.29, 0.717) is 0 Å². The Kier molecular flexibility index (Phi) is 3.94. The first kappa shape index (κ1) is 14.2. The van der Waals surface area contributed by atoms with Crippen LogP contribution in [0.1, 0.15) is 12.8 Å². The Hall–Kier alpha value is -2.40. The van der Waals surface area contributed by atoms with E-state index in [1.165, 1.54) is 25.9 Å². The highest BCUT2D eigenvalue weighted by Gasteiger charge is 2.10. The van der Waals surface area contributed by atoms with Crippen LogP contribution in [0.3, 0.4) is 0 Å². The van der Waals surface area contributed by atoms with Crippen molar-refractivity contribution in [3.63, 3.8) is 0 Å². The second kappa shape index (κ2) is 6.38. The van der Waals surface area contributed by atoms with Crippen LogP contribution >= 0.6 is 0 Å². The molecule has 0 bridgehead atoms. The lowest BCUT2D eigenvalue weighted by Gasteiger charge is -2.15. The van der Waals surface area contributed by atoms with Gasteiger partial charge in [0.25, 0.3) is 0 Å². The summed E-state index contributed by atoms with van der Waals surface area (Å²) in [6.07, 6.45) is 8.27. The third-order valence-electron chi connectivity index (χ3n) is 4.31. The van der Waals surface area contributed by atoms with Crippen LogP contribution in [0.5, 0.6) is 5.75 Å². The van der Waals surface area contributed by atoms with Crippen molar-refractivity contribution in [2.75, 3.05) is 26.2 Å². The Morgan fingerprint density at radius 2 is 1.83 bits per heavy atom. The molecular formula is C18H20N4O. The molecule has 5 nitrogen and oxygen atoms in total. The van der Waals surface area contributed by atoms with Crippen LogP contribution in [0, 0.1) is 0 Å². The van der Waals surface area contributed by atoms with Crippen molar-refractivity contribution in [2.45, 2.75) is 12.8 Å². The summed E-state index contributed by atoms with van der Waals surface area (Å²) in [5.74, 6) is 0.918. The summed E-state index contributed by atoms with van der Waals surface area (Å²) in [6, 6.07) is 10.1. The van der Waals surface area contributed by atoms with Crippen molar-refractivity contribution in [1.29, 1.82) is 0 Å². The van der Waals surface area contributed by atoms with Gasteiger partial charge in [0.2, 0.25) is 0 Å². The van der Waals surface area contributed by atoms with E-state index >= 15 is 0 Å². The molecule has 5 heteroatoms. The fourth-order valence-electron chi connectivity index (χ4n) is 3.00. The first-order valence-corrected chi connectivity index (χ1v) is 8.13. The molecule has 23 heavy (non-hydrogen) atoms. The van der Waals surface area contributed by atoms with Gasteiger partial charge in [-0.3, -0.25) is 4.90 Å². The van der Waals surface area contributed by atoms with Gasteiger partial charge in [-0.25, -0.2) is 9.50 Å². The maximum absolute atomic E-state index is 5.84. The normalized spacial score (nSPS) is 15.3. The summed E-state index contributed by atoms with van der Waals surface area (Å²) in [4.78, 5) is 6.86. The Morgan fingerprint density at radius 3 is 2.65 bits per heavy atom. The summed E-state index contributed by atoms with van der Waals surface area (Å²) in [6.45, 7) is 4.19. The average molecular weight is 308 g/mol. The summed E-state index contributed by atoms with van der Waals surface area (Å²) in [7, 11) is 0. The number of hydrogen-bond acceptors (Lipinski definition) is 4. The first-order chi connectivity index (χ1) is 11.4. The van der Waals surface area contributed by atoms with Crippen molar-refractivity contribution < 1.29 is 4.74 Å². The summed E-state index contributed by atoms with van der Waals surface area (Å²) >= 11 is 0. The Labute approximate surface area is 135 Å². The summed E-state index contributed by atoms with van der Waals surface area (Å²) in [5, 5.41) is 4.23. The van der Waals surface area contributed by atoms with E-state index in [4.69, 9.17) is 4.74 Å². The number of ether oxygens (including phenoxy) is 1. The molecule has 118 valence electrons. The molecular weight excluding hydrogens is 288 g/mol. The fraction of sp³-hybridized carbons (Fsp3) is 0.333. The van der Waals surface area contributed by atoms with Gasteiger partial charge >= 0.3 is 0 Å². The van der Waals surface area contributed by atoms with Crippen molar-refractivity contribution in [3.8, 4) is 16.9 Å². The molecule has 0 atom stereocenters. The smallest absolute Gasteiger partial charge is 0.154 e. The molecule has 3 aromatic rings. The van der Waals surface area contributed by atoms with Gasteiger partial charge in [0, 0.05) is 30.6 Å². The minimum Gasteiger partial charge on any atom is -0.492 e. The number of rotatable bonds is 5. The Balaban J connectivity index is 1.40. The van der Waals surface area contributed by atoms with Crippen LogP contribution in [-0.2, 0) is 0 Å². The van der Waals surface area contributed by atoms with Crippen molar-refractivity contribution >= 4 is 5.65 Å². The lowest BCUT2D eigenvalue weighted by Crippen LogP contribution is -2.25. The zero-order valence-corrected chi connectivity index (χ0v) is 13.1. The van der Waals surface area contributed by atoms with Gasteiger partial charge < -0.3 is 4.74 Å². The number of nitrogens with zero attached hydrogens (tertiary/aromatic N) is 4. The largest absolute Gasteiger partial charge is 0.492 e. The average Bonchev–Trinajstić information content (AvgIpc) is 3.26. The molecule has 0 spiro atoms. The van der Waals surface area contributed by atoms with Crippen molar-refractivity contribution in [1.82, 2.24) is 19.5 Å². The highest BCUT2D eigenvalue weighted by Crippen LogP contribution is 2.22. The van der Waals surface area contributed by atoms with Gasteiger partial charge in [-0.2, -0.15) is 5.10 Å². The van der Waals surface area contributed by atoms with E-state index in [1.807, 2.05) is 30.6 Å². The fourth-order valence-corrected chi connectivity index (χ4v) is 3.00. The van der Waals surface area contributed by atoms with Gasteiger partial charge in [-0.05, 0) is 43.6 Å². The van der Waals surface area contributed by atoms with Crippen LogP contribution in [-0.4, -0.2) is 45.7 Å². The molecule has 1 fully saturated rings. The minimum absolute atomic E-state index is 0.750. The van der Waals surface area contributed by atoms with Crippen LogP contribution in [0.4, 0.5) is 0 Å². The molecule has 0 N–H and O–H groups in total. The van der Waals surface area contributed by atoms with Crippen LogP contribution in [0.25, 0.3) is 16.8 Å². The predicted octanol–water partition coefficient (Wildman–Crippen LogP) is 2.87. The van der Waals surface area contributed by atoms with E-state index in [2.05, 4.69) is 27.1 Å². The van der Waals surface area contributed by atoms with Crippen LogP contribution < -0.4 is 4.74 Å². The second-order valence-corrected chi connectivity index (χ2v) is 5.90. The van der Waals surface area contributed by atoms with Gasteiger partial charge in [-0.1, -0.05) is 12.1 Å². The predicted molar refractivity (Wildman–Crippen MR) is 89.6 cm³/mol. The standard InChI is InChI=1S/C18H20N4O/c1-2-10-21(9-1)11-12-23-17-5-3-15(4-6-17)16-13-19-18-7-8-20-22(18)14-16/h3-8,13-14H,1-2,9-12H2. The Bertz CT molecular complexity index is 775. The van der Waals surface area contributed by atoms with Gasteiger partial charge in [0.15, 0.2) is 5.65 Å². The second-order valence-electron chi connectivity index (χ2n) is 5.90. The SMILES string of the molecule is c1cc2ncc(-c3ccc(OCCN4CCCC4)cc3)cn2n1. The number of benzene rings is 1. The highest BCUT2D eigenvalue weighted by atomic mass is 16.5. The number of likely N-dealkylation sites (tertiary alicyclic amines) is 1. The van der Waals surface area contributed by atoms with Gasteiger partial charge in [0.1, 0.15) is 12.4 Å². The van der Waals surface area contributed by atoms with E-state index < -0.39 is 0 Å². The highest BCUT2D eigenvalue weighted by molar-refractivity contribution is 5.63. The Morgan fingerprint density at radius 1 is 1.00 bits per heavy atom. The first-order valence-electron chi connectivity index (χ1n) is 8.13. The van der Waals surface area contributed by atoms with Gasteiger partial charge in [0.05, 0.1) is 6.20 Å². The molecule has 4 rings (SSSR count). The lowest BCUT2D eigenvalue weighted by atomic mass is 10.1. The molecule has 1 aliphatic rings. The monoisotopic (exact) mass is 308 g/mol. The van der Waals surface area contributed by atoms with E-state index in [1.54, 1.807) is 10.7 Å². The van der Waals surface area contributed by atoms with Crippen molar-refractivity contribution in [2.24, 2.45) is 0 Å². The molecule has 1 saturated heterocycles. The maximum Gasteiger partial charge on any atom is 0.154 e. The van der Waals surface area contributed by atoms with E-state index in [0.717, 1.165) is 35.7 Å². The van der Waals surface area contributed by atoms with Crippen LogP contribution in [0.2, 0.25) is 0 Å². The molecule has 0 aliphatic carbocycles. The third kappa shape index (κ3) is 3.19. The molecule has 0 unspecified atom stereocenters. The number of hydrogen-bond donors (Lipinski definition) is 0. The molecule has 2 aromatic heterocycles.